The van der Waals surface area contributed by atoms with Crippen LogP contribution in [0.2, 0.25) is 0 Å². The Bertz CT molecular complexity index is 3620. The first-order valence-electron chi connectivity index (χ1n) is 22.8. The van der Waals surface area contributed by atoms with Gasteiger partial charge in [0.2, 0.25) is 0 Å². The van der Waals surface area contributed by atoms with Crippen LogP contribution in [0.5, 0.6) is 34.5 Å². The minimum absolute atomic E-state index is 0.0629. The summed E-state index contributed by atoms with van der Waals surface area (Å²) in [6.45, 7) is 5.15. The second kappa shape index (κ2) is 20.5. The Morgan fingerprint density at radius 1 is 0.429 bits per heavy atom. The first-order valence-corrected chi connectivity index (χ1v) is 22.8. The number of carbonyl (C=O) groups is 1. The molecule has 0 saturated carbocycles. The third kappa shape index (κ3) is 11.7. The van der Waals surface area contributed by atoms with E-state index >= 15 is 0 Å². The lowest BCUT2D eigenvalue weighted by Crippen LogP contribution is -2.25. The molecule has 0 aromatic heterocycles. The van der Waals surface area contributed by atoms with Crippen molar-refractivity contribution in [2.24, 2.45) is 0 Å². The third-order valence-corrected chi connectivity index (χ3v) is 11.9. The van der Waals surface area contributed by atoms with Crippen molar-refractivity contribution in [3.05, 3.63) is 196 Å². The SMILES string of the molecule is Cc1cc2c(cc1-c1ccc(N)cc1F)OC(F)(F)O2.Cc1cc2c(cc1-c1ccc(NC(=O)c3ccccc3F)cc1F)OC(F)(F)O2.Cc1cc2c(cc1-c1ccc(NCc3ccccc3F)cc1F)OC(F)(F)O2. The molecule has 3 heterocycles. The van der Waals surface area contributed by atoms with Gasteiger partial charge in [-0.3, -0.25) is 4.79 Å². The molecule has 0 bridgehead atoms. The van der Waals surface area contributed by atoms with E-state index in [0.29, 0.717) is 44.6 Å². The van der Waals surface area contributed by atoms with E-state index in [0.717, 1.165) is 12.1 Å². The third-order valence-electron chi connectivity index (χ3n) is 11.9. The standard InChI is InChI=1S/C21H13F4NO3.C21H15F4NO2.C14H10F3NO2/c1-11-8-18-19(29-21(24,25)28-18)10-15(11)13-7-6-12(9-17(13)23)26-20(27)14-4-2-3-5-16(14)22;1-12-8-19-20(28-21(24,25)27-19)10-16(12)15-7-6-14(9-18(15)23)26-11-13-4-2-3-5-17(13)22;1-7-4-12-13(20-14(16,17)19-12)6-10(7)9-3-2-8(18)5-11(9)15/h2-10H,1H3,(H,26,27);2-10,26H,11H2,1H3;2-6H,18H2,1H3. The molecule has 396 valence electrons. The molecule has 10 nitrogen and oxygen atoms in total. The number of nitrogens with one attached hydrogen (secondary N) is 2. The zero-order valence-corrected chi connectivity index (χ0v) is 40.1. The molecule has 4 N–H and O–H groups in total. The van der Waals surface area contributed by atoms with Crippen molar-refractivity contribution in [2.45, 2.75) is 46.2 Å². The lowest BCUT2D eigenvalue weighted by Gasteiger charge is -2.12. The maximum Gasteiger partial charge on any atom is 0.586 e. The van der Waals surface area contributed by atoms with Gasteiger partial charge in [0.1, 0.15) is 29.1 Å². The van der Waals surface area contributed by atoms with Crippen molar-refractivity contribution < 1.29 is 81.5 Å². The van der Waals surface area contributed by atoms with Crippen LogP contribution >= 0.6 is 0 Å². The van der Waals surface area contributed by atoms with Gasteiger partial charge in [0.05, 0.1) is 5.56 Å². The van der Waals surface area contributed by atoms with Crippen LogP contribution in [0.4, 0.5) is 65.4 Å². The minimum atomic E-state index is -3.77. The number of nitrogens with two attached hydrogens (primary N) is 1. The van der Waals surface area contributed by atoms with Crippen LogP contribution < -0.4 is 44.8 Å². The fraction of sp³-hybridized carbons (Fsp3) is 0.125. The van der Waals surface area contributed by atoms with Crippen LogP contribution in [-0.4, -0.2) is 24.8 Å². The van der Waals surface area contributed by atoms with Gasteiger partial charge in [0.25, 0.3) is 5.91 Å². The molecule has 8 aromatic carbocycles. The molecular weight excluding hydrogens is 1040 g/mol. The second-order valence-corrected chi connectivity index (χ2v) is 17.4. The predicted octanol–water partition coefficient (Wildman–Crippen LogP) is 15.1. The summed E-state index contributed by atoms with van der Waals surface area (Å²) >= 11 is 0. The molecule has 77 heavy (non-hydrogen) atoms. The minimum Gasteiger partial charge on any atom is -0.399 e. The lowest BCUT2D eigenvalue weighted by molar-refractivity contribution is -0.287. The largest absolute Gasteiger partial charge is 0.586 e. The number of hydrogen-bond donors (Lipinski definition) is 3. The predicted molar refractivity (Wildman–Crippen MR) is 261 cm³/mol. The zero-order valence-electron chi connectivity index (χ0n) is 40.1. The summed E-state index contributed by atoms with van der Waals surface area (Å²) in [6, 6.07) is 32.3. The fourth-order valence-electron chi connectivity index (χ4n) is 8.25. The molecule has 3 aliphatic rings. The number of ether oxygens (including phenoxy) is 6. The van der Waals surface area contributed by atoms with E-state index in [1.165, 1.54) is 103 Å². The van der Waals surface area contributed by atoms with Crippen LogP contribution in [0.15, 0.2) is 140 Å². The molecule has 8 aromatic rings. The molecule has 1 amide bonds. The molecule has 0 unspecified atom stereocenters. The molecular formula is C56H38F11N3O7. The average Bonchev–Trinajstić information content (AvgIpc) is 4.03. The Kier molecular flexibility index (Phi) is 14.1. The normalized spacial score (nSPS) is 14.4. The number of halogens is 11. The number of amides is 1. The first-order chi connectivity index (χ1) is 36.4. The van der Waals surface area contributed by atoms with Gasteiger partial charge >= 0.3 is 18.9 Å². The average molecular weight is 1070 g/mol. The summed E-state index contributed by atoms with van der Waals surface area (Å²) in [7, 11) is 0. The van der Waals surface area contributed by atoms with Crippen LogP contribution in [-0.2, 0) is 6.54 Å². The summed E-state index contributed by atoms with van der Waals surface area (Å²) in [4.78, 5) is 12.2. The van der Waals surface area contributed by atoms with E-state index in [4.69, 9.17) is 5.73 Å². The van der Waals surface area contributed by atoms with E-state index < -0.39 is 48.1 Å². The Labute approximate surface area is 430 Å². The lowest BCUT2D eigenvalue weighted by atomic mass is 9.99. The van der Waals surface area contributed by atoms with Crippen LogP contribution in [0, 0.1) is 49.9 Å². The van der Waals surface area contributed by atoms with E-state index in [1.807, 2.05) is 0 Å². The Hall–Kier alpha value is -9.14. The van der Waals surface area contributed by atoms with Gasteiger partial charge in [-0.2, -0.15) is 0 Å². The number of hydrogen-bond acceptors (Lipinski definition) is 9. The monoisotopic (exact) mass is 1070 g/mol. The molecule has 0 spiro atoms. The number of anilines is 3. The van der Waals surface area contributed by atoms with Gasteiger partial charge in [-0.05, 0) is 163 Å². The maximum atomic E-state index is 14.7. The molecule has 11 rings (SSSR count). The quantitative estimate of drug-likeness (QED) is 0.101. The highest BCUT2D eigenvalue weighted by Gasteiger charge is 2.46. The number of aryl methyl sites for hydroxylation is 3. The van der Waals surface area contributed by atoms with Gasteiger partial charge in [-0.15, -0.1) is 26.3 Å². The smallest absolute Gasteiger partial charge is 0.399 e. The van der Waals surface area contributed by atoms with Gasteiger partial charge in [-0.1, -0.05) is 30.3 Å². The van der Waals surface area contributed by atoms with E-state index in [1.54, 1.807) is 45.0 Å². The van der Waals surface area contributed by atoms with Crippen molar-refractivity contribution in [2.75, 3.05) is 16.4 Å². The van der Waals surface area contributed by atoms with Crippen molar-refractivity contribution in [3.63, 3.8) is 0 Å². The zero-order chi connectivity index (χ0) is 55.1. The Morgan fingerprint density at radius 3 is 1.23 bits per heavy atom. The summed E-state index contributed by atoms with van der Waals surface area (Å²) in [5, 5.41) is 5.39. The fourth-order valence-corrected chi connectivity index (χ4v) is 8.25. The van der Waals surface area contributed by atoms with E-state index in [-0.39, 0.29) is 80.5 Å². The van der Waals surface area contributed by atoms with E-state index in [9.17, 15) is 53.1 Å². The maximum absolute atomic E-state index is 14.7. The van der Waals surface area contributed by atoms with Gasteiger partial charge < -0.3 is 44.8 Å². The number of carbonyl (C=O) groups excluding carboxylic acids is 1. The first kappa shape index (κ1) is 52.7. The van der Waals surface area contributed by atoms with Crippen LogP contribution in [0.3, 0.4) is 0 Å². The molecule has 3 aliphatic heterocycles. The molecule has 0 saturated heterocycles. The van der Waals surface area contributed by atoms with Crippen molar-refractivity contribution in [3.8, 4) is 67.9 Å². The second-order valence-electron chi connectivity index (χ2n) is 17.4. The number of benzene rings is 8. The highest BCUT2D eigenvalue weighted by molar-refractivity contribution is 6.04. The number of nitrogen functional groups attached to an aromatic ring is 1. The number of rotatable bonds is 8. The summed E-state index contributed by atoms with van der Waals surface area (Å²) in [5.74, 6) is -4.31. The number of fused-ring (bicyclic) bond motifs is 3. The van der Waals surface area contributed by atoms with E-state index in [2.05, 4.69) is 39.1 Å². The topological polar surface area (TPSA) is 123 Å². The van der Waals surface area contributed by atoms with Gasteiger partial charge in [0, 0.05) is 45.9 Å². The Morgan fingerprint density at radius 2 is 0.805 bits per heavy atom. The summed E-state index contributed by atoms with van der Waals surface area (Å²) in [5.41, 5.74) is 10.1. The molecule has 0 atom stereocenters. The van der Waals surface area contributed by atoms with Crippen LogP contribution in [0.1, 0.15) is 32.6 Å². The number of alkyl halides is 6. The summed E-state index contributed by atoms with van der Waals surface area (Å²) in [6.07, 6.45) is -11.2. The van der Waals surface area contributed by atoms with Crippen molar-refractivity contribution in [1.82, 2.24) is 0 Å². The van der Waals surface area contributed by atoms with Gasteiger partial charge in [0.15, 0.2) is 34.5 Å². The van der Waals surface area contributed by atoms with Crippen molar-refractivity contribution in [1.29, 1.82) is 0 Å². The summed E-state index contributed by atoms with van der Waals surface area (Å²) < 4.78 is 176. The highest BCUT2D eigenvalue weighted by atomic mass is 19.3. The van der Waals surface area contributed by atoms with Crippen molar-refractivity contribution >= 4 is 23.0 Å². The van der Waals surface area contributed by atoms with Crippen LogP contribution in [0.25, 0.3) is 33.4 Å². The molecule has 0 aliphatic carbocycles. The molecule has 0 fully saturated rings. The molecule has 21 heteroatoms. The molecule has 0 radical (unpaired) electrons. The Balaban J connectivity index is 0.000000143. The highest BCUT2D eigenvalue weighted by Crippen LogP contribution is 2.48. The van der Waals surface area contributed by atoms with Gasteiger partial charge in [-0.25, -0.2) is 22.0 Å².